The predicted octanol–water partition coefficient (Wildman–Crippen LogP) is 2.12. The molecule has 94 valence electrons. The lowest BCUT2D eigenvalue weighted by atomic mass is 9.96. The number of pyridine rings is 1. The summed E-state index contributed by atoms with van der Waals surface area (Å²) < 4.78 is 0. The maximum Gasteiger partial charge on any atom is 0.323 e. The summed E-state index contributed by atoms with van der Waals surface area (Å²) in [6, 6.07) is 3.85. The van der Waals surface area contributed by atoms with Crippen LogP contribution in [0.1, 0.15) is 37.9 Å². The lowest BCUT2D eigenvalue weighted by Crippen LogP contribution is -2.49. The second kappa shape index (κ2) is 5.77. The van der Waals surface area contributed by atoms with Crippen molar-refractivity contribution in [3.8, 4) is 0 Å². The van der Waals surface area contributed by atoms with Crippen molar-refractivity contribution in [3.63, 3.8) is 0 Å². The van der Waals surface area contributed by atoms with Gasteiger partial charge in [0.05, 0.1) is 5.69 Å². The number of carboxylic acid groups (broad SMARTS) is 1. The molecule has 1 rings (SSSR count). The molecular formula is C13H20N2O2. The fraction of sp³-hybridized carbons (Fsp3) is 0.538. The van der Waals surface area contributed by atoms with Crippen LogP contribution in [0, 0.1) is 6.92 Å². The lowest BCUT2D eigenvalue weighted by molar-refractivity contribution is -0.144. The second-order valence-corrected chi connectivity index (χ2v) is 4.51. The van der Waals surface area contributed by atoms with Gasteiger partial charge in [-0.2, -0.15) is 0 Å². The van der Waals surface area contributed by atoms with Crippen molar-refractivity contribution in [3.05, 3.63) is 29.6 Å². The maximum atomic E-state index is 11.2. The van der Waals surface area contributed by atoms with Crippen LogP contribution in [0.4, 0.5) is 0 Å². The largest absolute Gasteiger partial charge is 0.480 e. The van der Waals surface area contributed by atoms with E-state index < -0.39 is 11.5 Å². The standard InChI is InChI=1S/C13H20N2O2/c1-4-7-13(3,12(16)17)15-9-11-10(2)6-5-8-14-11/h5-6,8,15H,4,7,9H2,1-3H3,(H,16,17). The Morgan fingerprint density at radius 2 is 2.29 bits per heavy atom. The molecule has 0 saturated heterocycles. The highest BCUT2D eigenvalue weighted by molar-refractivity contribution is 5.78. The summed E-state index contributed by atoms with van der Waals surface area (Å²) in [7, 11) is 0. The molecule has 0 fully saturated rings. The first-order valence-corrected chi connectivity index (χ1v) is 5.88. The monoisotopic (exact) mass is 236 g/mol. The quantitative estimate of drug-likeness (QED) is 0.794. The Labute approximate surface area is 102 Å². The van der Waals surface area contributed by atoms with Crippen molar-refractivity contribution in [1.29, 1.82) is 0 Å². The smallest absolute Gasteiger partial charge is 0.323 e. The van der Waals surface area contributed by atoms with Crippen LogP contribution < -0.4 is 5.32 Å². The summed E-state index contributed by atoms with van der Waals surface area (Å²) in [6.45, 7) is 6.16. The van der Waals surface area contributed by atoms with Gasteiger partial charge in [0.25, 0.3) is 0 Å². The number of carboxylic acids is 1. The van der Waals surface area contributed by atoms with Gasteiger partial charge in [-0.25, -0.2) is 0 Å². The Morgan fingerprint density at radius 1 is 1.59 bits per heavy atom. The summed E-state index contributed by atoms with van der Waals surface area (Å²) >= 11 is 0. The highest BCUT2D eigenvalue weighted by Gasteiger charge is 2.31. The molecule has 0 bridgehead atoms. The van der Waals surface area contributed by atoms with Gasteiger partial charge in [-0.15, -0.1) is 0 Å². The first kappa shape index (κ1) is 13.6. The number of aliphatic carboxylic acids is 1. The molecule has 4 heteroatoms. The number of aromatic nitrogens is 1. The third-order valence-electron chi connectivity index (χ3n) is 2.99. The van der Waals surface area contributed by atoms with E-state index in [0.717, 1.165) is 17.7 Å². The molecule has 0 aliphatic heterocycles. The molecule has 1 aromatic heterocycles. The molecule has 0 spiro atoms. The van der Waals surface area contributed by atoms with E-state index in [1.165, 1.54) is 0 Å². The van der Waals surface area contributed by atoms with Crippen LogP contribution in [0.2, 0.25) is 0 Å². The molecule has 1 unspecified atom stereocenters. The number of hydrogen-bond donors (Lipinski definition) is 2. The van der Waals surface area contributed by atoms with Crippen molar-refractivity contribution < 1.29 is 9.90 Å². The van der Waals surface area contributed by atoms with Gasteiger partial charge in [0.1, 0.15) is 5.54 Å². The Balaban J connectivity index is 2.71. The van der Waals surface area contributed by atoms with Crippen LogP contribution in [-0.2, 0) is 11.3 Å². The van der Waals surface area contributed by atoms with Gasteiger partial charge in [-0.1, -0.05) is 19.4 Å². The number of aryl methyl sites for hydroxylation is 1. The van der Waals surface area contributed by atoms with Crippen LogP contribution >= 0.6 is 0 Å². The molecule has 1 atom stereocenters. The van der Waals surface area contributed by atoms with Crippen LogP contribution in [0.3, 0.4) is 0 Å². The summed E-state index contributed by atoms with van der Waals surface area (Å²) in [6.07, 6.45) is 3.16. The first-order chi connectivity index (χ1) is 7.99. The van der Waals surface area contributed by atoms with E-state index in [1.54, 1.807) is 13.1 Å². The normalized spacial score (nSPS) is 14.3. The summed E-state index contributed by atoms with van der Waals surface area (Å²) in [4.78, 5) is 15.5. The fourth-order valence-corrected chi connectivity index (χ4v) is 1.75. The highest BCUT2D eigenvalue weighted by atomic mass is 16.4. The van der Waals surface area contributed by atoms with Gasteiger partial charge in [-0.3, -0.25) is 15.1 Å². The molecule has 2 N–H and O–H groups in total. The van der Waals surface area contributed by atoms with Gasteiger partial charge >= 0.3 is 5.97 Å². The van der Waals surface area contributed by atoms with Gasteiger partial charge in [-0.05, 0) is 31.9 Å². The van der Waals surface area contributed by atoms with E-state index in [2.05, 4.69) is 10.3 Å². The third kappa shape index (κ3) is 3.53. The number of nitrogens with one attached hydrogen (secondary N) is 1. The second-order valence-electron chi connectivity index (χ2n) is 4.51. The molecule has 1 heterocycles. The molecule has 0 saturated carbocycles. The summed E-state index contributed by atoms with van der Waals surface area (Å²) in [5.41, 5.74) is 1.10. The SMILES string of the molecule is CCCC(C)(NCc1ncccc1C)C(=O)O. The number of nitrogens with zero attached hydrogens (tertiary/aromatic N) is 1. The Morgan fingerprint density at radius 3 is 2.82 bits per heavy atom. The fourth-order valence-electron chi connectivity index (χ4n) is 1.75. The van der Waals surface area contributed by atoms with Gasteiger partial charge in [0, 0.05) is 12.7 Å². The van der Waals surface area contributed by atoms with E-state index >= 15 is 0 Å². The maximum absolute atomic E-state index is 11.2. The molecule has 4 nitrogen and oxygen atoms in total. The lowest BCUT2D eigenvalue weighted by Gasteiger charge is -2.26. The van der Waals surface area contributed by atoms with Gasteiger partial charge in [0.2, 0.25) is 0 Å². The average molecular weight is 236 g/mol. The minimum atomic E-state index is -0.876. The van der Waals surface area contributed by atoms with Crippen molar-refractivity contribution in [2.24, 2.45) is 0 Å². The molecule has 1 aromatic rings. The molecule has 0 aromatic carbocycles. The zero-order valence-electron chi connectivity index (χ0n) is 10.7. The average Bonchev–Trinajstić information content (AvgIpc) is 2.28. The zero-order valence-corrected chi connectivity index (χ0v) is 10.7. The van der Waals surface area contributed by atoms with E-state index in [4.69, 9.17) is 0 Å². The zero-order chi connectivity index (χ0) is 12.9. The minimum Gasteiger partial charge on any atom is -0.480 e. The van der Waals surface area contributed by atoms with Crippen LogP contribution in [0.5, 0.6) is 0 Å². The van der Waals surface area contributed by atoms with Crippen molar-refractivity contribution in [2.75, 3.05) is 0 Å². The Bertz CT molecular complexity index is 393. The molecule has 0 aliphatic rings. The Kier molecular flexibility index (Phi) is 4.63. The highest BCUT2D eigenvalue weighted by Crippen LogP contribution is 2.14. The summed E-state index contributed by atoms with van der Waals surface area (Å²) in [5.74, 6) is -0.812. The number of carbonyl (C=O) groups is 1. The van der Waals surface area contributed by atoms with E-state index in [1.807, 2.05) is 26.0 Å². The van der Waals surface area contributed by atoms with Crippen LogP contribution in [-0.4, -0.2) is 21.6 Å². The minimum absolute atomic E-state index is 0.482. The van der Waals surface area contributed by atoms with Crippen LogP contribution in [0.25, 0.3) is 0 Å². The first-order valence-electron chi connectivity index (χ1n) is 5.88. The molecule has 0 radical (unpaired) electrons. The Hall–Kier alpha value is -1.42. The molecule has 17 heavy (non-hydrogen) atoms. The van der Waals surface area contributed by atoms with E-state index in [-0.39, 0.29) is 0 Å². The van der Waals surface area contributed by atoms with Crippen LogP contribution in [0.15, 0.2) is 18.3 Å². The molecular weight excluding hydrogens is 216 g/mol. The number of rotatable bonds is 6. The van der Waals surface area contributed by atoms with Gasteiger partial charge < -0.3 is 5.11 Å². The van der Waals surface area contributed by atoms with E-state index in [0.29, 0.717) is 13.0 Å². The number of hydrogen-bond acceptors (Lipinski definition) is 3. The van der Waals surface area contributed by atoms with E-state index in [9.17, 15) is 9.90 Å². The third-order valence-corrected chi connectivity index (χ3v) is 2.99. The van der Waals surface area contributed by atoms with Gasteiger partial charge in [0.15, 0.2) is 0 Å². The van der Waals surface area contributed by atoms with Crippen molar-refractivity contribution in [1.82, 2.24) is 10.3 Å². The molecule has 0 aliphatic carbocycles. The van der Waals surface area contributed by atoms with Crippen molar-refractivity contribution >= 4 is 5.97 Å². The predicted molar refractivity (Wildman–Crippen MR) is 66.8 cm³/mol. The topological polar surface area (TPSA) is 62.2 Å². The molecule has 0 amide bonds. The summed E-state index contributed by atoms with van der Waals surface area (Å²) in [5, 5.41) is 12.3. The van der Waals surface area contributed by atoms with Crippen molar-refractivity contribution in [2.45, 2.75) is 45.7 Å².